The summed E-state index contributed by atoms with van der Waals surface area (Å²) in [7, 11) is 0. The third kappa shape index (κ3) is 5.15. The number of nitrogens with one attached hydrogen (secondary N) is 2. The molecule has 0 saturated carbocycles. The molecular formula is C20H25ClN6O3. The zero-order valence-electron chi connectivity index (χ0n) is 17.8. The first kappa shape index (κ1) is 21.8. The molecule has 0 radical (unpaired) electrons. The molecule has 2 N–H and O–H groups in total. The van der Waals surface area contributed by atoms with Crippen LogP contribution in [0.5, 0.6) is 0 Å². The van der Waals surface area contributed by atoms with Gasteiger partial charge in [-0.15, -0.1) is 0 Å². The van der Waals surface area contributed by atoms with E-state index in [2.05, 4.69) is 30.9 Å². The number of carbonyl (C=O) groups is 1. The predicted octanol–water partition coefficient (Wildman–Crippen LogP) is 4.50. The Morgan fingerprint density at radius 1 is 1.13 bits per heavy atom. The van der Waals surface area contributed by atoms with E-state index < -0.39 is 11.6 Å². The second kappa shape index (κ2) is 8.43. The number of hydrogen-bond donors (Lipinski definition) is 2. The number of rotatable bonds is 6. The van der Waals surface area contributed by atoms with Crippen molar-refractivity contribution < 1.29 is 14.2 Å². The summed E-state index contributed by atoms with van der Waals surface area (Å²) in [5, 5.41) is 14.5. The summed E-state index contributed by atoms with van der Waals surface area (Å²) in [4.78, 5) is 21.6. The third-order valence-corrected chi connectivity index (χ3v) is 4.58. The summed E-state index contributed by atoms with van der Waals surface area (Å²) >= 11 is 6.12. The Hall–Kier alpha value is -2.94. The number of benzene rings is 1. The maximum Gasteiger partial charge on any atom is 0.329 e. The molecular weight excluding hydrogens is 408 g/mol. The number of esters is 1. The lowest BCUT2D eigenvalue weighted by atomic mass is 10.0. The topological polar surface area (TPSA) is 115 Å². The molecule has 0 aliphatic heterocycles. The van der Waals surface area contributed by atoms with Gasteiger partial charge < -0.3 is 15.4 Å². The van der Waals surface area contributed by atoms with E-state index in [-0.39, 0.29) is 23.2 Å². The maximum atomic E-state index is 12.8. The normalized spacial score (nSPS) is 12.8. The number of hydrogen-bond acceptors (Lipinski definition) is 9. The van der Waals surface area contributed by atoms with Gasteiger partial charge in [0.15, 0.2) is 11.6 Å². The number of fused-ring (bicyclic) bond motifs is 1. The molecule has 0 spiro atoms. The quantitative estimate of drug-likeness (QED) is 0.543. The summed E-state index contributed by atoms with van der Waals surface area (Å²) < 4.78 is 10.3. The predicted molar refractivity (Wildman–Crippen MR) is 115 cm³/mol. The van der Waals surface area contributed by atoms with Gasteiger partial charge in [-0.2, -0.15) is 0 Å². The first-order valence-corrected chi connectivity index (χ1v) is 9.94. The Morgan fingerprint density at radius 2 is 1.77 bits per heavy atom. The molecule has 10 heteroatoms. The highest BCUT2D eigenvalue weighted by atomic mass is 35.5. The van der Waals surface area contributed by atoms with E-state index in [1.165, 1.54) is 0 Å². The average molecular weight is 433 g/mol. The van der Waals surface area contributed by atoms with E-state index in [1.54, 1.807) is 6.07 Å². The van der Waals surface area contributed by atoms with Gasteiger partial charge in [0.1, 0.15) is 11.6 Å². The van der Waals surface area contributed by atoms with Crippen LogP contribution in [0.15, 0.2) is 22.8 Å². The number of ether oxygens (including phenoxy) is 1. The smallest absolute Gasteiger partial charge is 0.329 e. The van der Waals surface area contributed by atoms with Crippen molar-refractivity contribution in [1.29, 1.82) is 0 Å². The molecule has 30 heavy (non-hydrogen) atoms. The van der Waals surface area contributed by atoms with Crippen molar-refractivity contribution in [2.45, 2.75) is 53.2 Å². The van der Waals surface area contributed by atoms with Crippen LogP contribution < -0.4 is 10.6 Å². The van der Waals surface area contributed by atoms with Gasteiger partial charge in [-0.3, -0.25) is 0 Å². The zero-order valence-corrected chi connectivity index (χ0v) is 18.5. The molecule has 0 fully saturated rings. The number of nitrogens with zero attached hydrogens (tertiary/aromatic N) is 4. The molecule has 0 bridgehead atoms. The van der Waals surface area contributed by atoms with Crippen LogP contribution in [-0.4, -0.2) is 37.9 Å². The van der Waals surface area contributed by atoms with Crippen LogP contribution in [0, 0.1) is 12.8 Å². The number of aromatic nitrogens is 4. The van der Waals surface area contributed by atoms with Gasteiger partial charge in [0.05, 0.1) is 0 Å². The van der Waals surface area contributed by atoms with E-state index in [0.717, 1.165) is 11.3 Å². The highest BCUT2D eigenvalue weighted by molar-refractivity contribution is 6.31. The van der Waals surface area contributed by atoms with Crippen molar-refractivity contribution in [3.8, 4) is 0 Å². The highest BCUT2D eigenvalue weighted by Crippen LogP contribution is 2.28. The second-order valence-electron chi connectivity index (χ2n) is 8.32. The molecule has 1 atom stereocenters. The van der Waals surface area contributed by atoms with Crippen molar-refractivity contribution >= 4 is 46.2 Å². The van der Waals surface area contributed by atoms with Crippen LogP contribution in [0.3, 0.4) is 0 Å². The zero-order chi connectivity index (χ0) is 22.1. The fourth-order valence-corrected chi connectivity index (χ4v) is 2.81. The summed E-state index contributed by atoms with van der Waals surface area (Å²) in [5.41, 5.74) is 1.51. The number of aryl methyl sites for hydroxylation is 1. The highest BCUT2D eigenvalue weighted by Gasteiger charge is 2.29. The van der Waals surface area contributed by atoms with Gasteiger partial charge >= 0.3 is 5.97 Å². The third-order valence-electron chi connectivity index (χ3n) is 4.15. The van der Waals surface area contributed by atoms with Crippen LogP contribution in [-0.2, 0) is 9.53 Å². The van der Waals surface area contributed by atoms with Gasteiger partial charge in [-0.05, 0) is 67.7 Å². The monoisotopic (exact) mass is 432 g/mol. The molecule has 2 aromatic heterocycles. The maximum absolute atomic E-state index is 12.8. The molecule has 160 valence electrons. The van der Waals surface area contributed by atoms with Gasteiger partial charge in [0.2, 0.25) is 11.3 Å². The molecule has 1 aromatic carbocycles. The Kier molecular flexibility index (Phi) is 6.12. The van der Waals surface area contributed by atoms with Crippen molar-refractivity contribution in [3.05, 3.63) is 28.8 Å². The van der Waals surface area contributed by atoms with E-state index in [9.17, 15) is 4.79 Å². The standard InChI is InChI=1S/C20H25ClN6O3/c1-10(2)14(19(28)29-20(4,5)6)23-16-15(24-17-18(25-16)27-30-26-17)22-12-7-8-13(21)11(3)9-12/h7-10,14H,1-6H3,(H,22,24,26)(H,23,25,27)/t14-/m0/s1. The summed E-state index contributed by atoms with van der Waals surface area (Å²) in [6.07, 6.45) is 0. The molecule has 9 nitrogen and oxygen atoms in total. The van der Waals surface area contributed by atoms with Crippen LogP contribution >= 0.6 is 11.6 Å². The summed E-state index contributed by atoms with van der Waals surface area (Å²) in [5.74, 6) is 0.244. The number of anilines is 3. The van der Waals surface area contributed by atoms with Gasteiger partial charge in [-0.25, -0.2) is 19.4 Å². The van der Waals surface area contributed by atoms with Crippen molar-refractivity contribution in [2.24, 2.45) is 5.92 Å². The average Bonchev–Trinajstić information content (AvgIpc) is 3.08. The molecule has 2 heterocycles. The molecule has 3 aromatic rings. The summed E-state index contributed by atoms with van der Waals surface area (Å²) in [6.45, 7) is 11.2. The summed E-state index contributed by atoms with van der Waals surface area (Å²) in [6, 6.07) is 4.84. The second-order valence-corrected chi connectivity index (χ2v) is 8.73. The lowest BCUT2D eigenvalue weighted by Gasteiger charge is -2.27. The lowest BCUT2D eigenvalue weighted by Crippen LogP contribution is -2.40. The van der Waals surface area contributed by atoms with Crippen LogP contribution in [0.2, 0.25) is 5.02 Å². The molecule has 0 amide bonds. The first-order valence-electron chi connectivity index (χ1n) is 9.56. The fraction of sp³-hybridized carbons (Fsp3) is 0.450. The van der Waals surface area contributed by atoms with Crippen molar-refractivity contribution in [3.63, 3.8) is 0 Å². The van der Waals surface area contributed by atoms with Crippen LogP contribution in [0.4, 0.5) is 17.3 Å². The van der Waals surface area contributed by atoms with E-state index >= 15 is 0 Å². The van der Waals surface area contributed by atoms with E-state index in [4.69, 9.17) is 21.0 Å². The van der Waals surface area contributed by atoms with E-state index in [1.807, 2.05) is 53.7 Å². The number of halogens is 1. The van der Waals surface area contributed by atoms with Crippen molar-refractivity contribution in [2.75, 3.05) is 10.6 Å². The Labute approximate surface area is 179 Å². The minimum Gasteiger partial charge on any atom is -0.458 e. The Morgan fingerprint density at radius 3 is 2.33 bits per heavy atom. The molecule has 0 aliphatic carbocycles. The van der Waals surface area contributed by atoms with Gasteiger partial charge in [-0.1, -0.05) is 25.4 Å². The minimum absolute atomic E-state index is 0.0709. The lowest BCUT2D eigenvalue weighted by molar-refractivity contribution is -0.156. The Bertz CT molecular complexity index is 1060. The first-order chi connectivity index (χ1) is 14.0. The molecule has 0 saturated heterocycles. The molecule has 0 aliphatic rings. The minimum atomic E-state index is -0.650. The SMILES string of the molecule is Cc1cc(Nc2nc3nonc3nc2N[C@H](C(=O)OC(C)(C)C)C(C)C)ccc1Cl. The molecule has 3 rings (SSSR count). The van der Waals surface area contributed by atoms with E-state index in [0.29, 0.717) is 16.7 Å². The van der Waals surface area contributed by atoms with Crippen LogP contribution in [0.25, 0.3) is 11.3 Å². The van der Waals surface area contributed by atoms with Crippen LogP contribution in [0.1, 0.15) is 40.2 Å². The van der Waals surface area contributed by atoms with Gasteiger partial charge in [0, 0.05) is 10.7 Å². The Balaban J connectivity index is 1.97. The van der Waals surface area contributed by atoms with Crippen molar-refractivity contribution in [1.82, 2.24) is 20.3 Å². The van der Waals surface area contributed by atoms with Gasteiger partial charge in [0.25, 0.3) is 0 Å². The number of carbonyl (C=O) groups excluding carboxylic acids is 1. The molecule has 0 unspecified atom stereocenters. The largest absolute Gasteiger partial charge is 0.458 e. The fourth-order valence-electron chi connectivity index (χ4n) is 2.70.